The Kier molecular flexibility index (Phi) is 4.06. The normalized spacial score (nSPS) is 19.5. The lowest BCUT2D eigenvalue weighted by Gasteiger charge is -2.22. The molecule has 4 heteroatoms. The van der Waals surface area contributed by atoms with Gasteiger partial charge in [0.2, 0.25) is 0 Å². The Morgan fingerprint density at radius 1 is 1.33 bits per heavy atom. The van der Waals surface area contributed by atoms with Crippen LogP contribution in [0.4, 0.5) is 4.39 Å². The molecule has 1 aliphatic rings. The van der Waals surface area contributed by atoms with Crippen LogP contribution >= 0.6 is 0 Å². The molecule has 0 bridgehead atoms. The monoisotopic (exact) mass is 288 g/mol. The van der Waals surface area contributed by atoms with Gasteiger partial charge in [-0.05, 0) is 37.1 Å². The van der Waals surface area contributed by atoms with E-state index in [1.165, 1.54) is 12.1 Å². The fourth-order valence-corrected chi connectivity index (χ4v) is 2.91. The predicted octanol–water partition coefficient (Wildman–Crippen LogP) is 4.27. The van der Waals surface area contributed by atoms with E-state index in [9.17, 15) is 4.39 Å². The van der Waals surface area contributed by atoms with Gasteiger partial charge in [-0.2, -0.15) is 0 Å². The van der Waals surface area contributed by atoms with Crippen LogP contribution in [0, 0.1) is 5.82 Å². The molecular formula is C17H21FN2O. The molecule has 1 fully saturated rings. The molecule has 1 aromatic carbocycles. The molecule has 3 rings (SSSR count). The lowest BCUT2D eigenvalue weighted by Crippen LogP contribution is -2.22. The van der Waals surface area contributed by atoms with Crippen molar-refractivity contribution in [3.63, 3.8) is 0 Å². The molecule has 0 aliphatic carbocycles. The SMILES string of the molecule is CC(C)c1cc([C@H]2CCCN2Cc2ccc(F)cc2)no1. The van der Waals surface area contributed by atoms with E-state index >= 15 is 0 Å². The van der Waals surface area contributed by atoms with Crippen molar-refractivity contribution < 1.29 is 8.91 Å². The molecule has 0 unspecified atom stereocenters. The van der Waals surface area contributed by atoms with Crippen LogP contribution in [0.1, 0.15) is 55.7 Å². The number of rotatable bonds is 4. The Morgan fingerprint density at radius 2 is 2.10 bits per heavy atom. The molecule has 0 amide bonds. The summed E-state index contributed by atoms with van der Waals surface area (Å²) < 4.78 is 18.4. The summed E-state index contributed by atoms with van der Waals surface area (Å²) in [6.07, 6.45) is 2.26. The van der Waals surface area contributed by atoms with Gasteiger partial charge in [-0.1, -0.05) is 31.1 Å². The summed E-state index contributed by atoms with van der Waals surface area (Å²) in [6.45, 7) is 6.09. The van der Waals surface area contributed by atoms with E-state index in [-0.39, 0.29) is 5.82 Å². The number of likely N-dealkylation sites (tertiary alicyclic amines) is 1. The third-order valence-corrected chi connectivity index (χ3v) is 4.12. The van der Waals surface area contributed by atoms with Gasteiger partial charge in [0.1, 0.15) is 17.3 Å². The molecule has 2 aromatic rings. The van der Waals surface area contributed by atoms with Crippen molar-refractivity contribution in [2.45, 2.75) is 45.2 Å². The molecule has 21 heavy (non-hydrogen) atoms. The van der Waals surface area contributed by atoms with Crippen LogP contribution in [0.25, 0.3) is 0 Å². The van der Waals surface area contributed by atoms with Crippen LogP contribution in [-0.2, 0) is 6.54 Å². The second-order valence-electron chi connectivity index (χ2n) is 6.06. The summed E-state index contributed by atoms with van der Waals surface area (Å²) in [5.41, 5.74) is 2.16. The van der Waals surface area contributed by atoms with Gasteiger partial charge in [-0.25, -0.2) is 4.39 Å². The van der Waals surface area contributed by atoms with Crippen LogP contribution < -0.4 is 0 Å². The summed E-state index contributed by atoms with van der Waals surface area (Å²) in [6, 6.07) is 9.14. The largest absolute Gasteiger partial charge is 0.361 e. The second kappa shape index (κ2) is 5.98. The van der Waals surface area contributed by atoms with E-state index in [0.29, 0.717) is 12.0 Å². The van der Waals surface area contributed by atoms with Crippen molar-refractivity contribution in [3.05, 3.63) is 53.2 Å². The lowest BCUT2D eigenvalue weighted by molar-refractivity contribution is 0.236. The van der Waals surface area contributed by atoms with E-state index in [2.05, 4.69) is 30.0 Å². The minimum Gasteiger partial charge on any atom is -0.361 e. The van der Waals surface area contributed by atoms with Crippen molar-refractivity contribution >= 4 is 0 Å². The maximum absolute atomic E-state index is 13.0. The van der Waals surface area contributed by atoms with Gasteiger partial charge in [0, 0.05) is 18.5 Å². The van der Waals surface area contributed by atoms with Crippen molar-refractivity contribution in [2.24, 2.45) is 0 Å². The highest BCUT2D eigenvalue weighted by Crippen LogP contribution is 2.33. The molecule has 0 saturated carbocycles. The van der Waals surface area contributed by atoms with Gasteiger partial charge in [-0.15, -0.1) is 0 Å². The van der Waals surface area contributed by atoms with Crippen molar-refractivity contribution in [1.29, 1.82) is 0 Å². The molecule has 3 nitrogen and oxygen atoms in total. The fraction of sp³-hybridized carbons (Fsp3) is 0.471. The first kappa shape index (κ1) is 14.3. The Hall–Kier alpha value is -1.68. The van der Waals surface area contributed by atoms with E-state index in [0.717, 1.165) is 42.9 Å². The highest BCUT2D eigenvalue weighted by Gasteiger charge is 2.28. The first-order chi connectivity index (χ1) is 10.1. The number of hydrogen-bond acceptors (Lipinski definition) is 3. The zero-order chi connectivity index (χ0) is 14.8. The molecule has 2 heterocycles. The van der Waals surface area contributed by atoms with Crippen LogP contribution in [0.2, 0.25) is 0 Å². The minimum absolute atomic E-state index is 0.185. The highest BCUT2D eigenvalue weighted by atomic mass is 19.1. The number of aromatic nitrogens is 1. The van der Waals surface area contributed by atoms with Crippen molar-refractivity contribution in [2.75, 3.05) is 6.54 Å². The van der Waals surface area contributed by atoms with E-state index in [4.69, 9.17) is 4.52 Å². The third-order valence-electron chi connectivity index (χ3n) is 4.12. The number of halogens is 1. The summed E-state index contributed by atoms with van der Waals surface area (Å²) in [7, 11) is 0. The number of benzene rings is 1. The van der Waals surface area contributed by atoms with Gasteiger partial charge < -0.3 is 4.52 Å². The first-order valence-electron chi connectivity index (χ1n) is 7.58. The molecule has 1 aliphatic heterocycles. The predicted molar refractivity (Wildman–Crippen MR) is 79.4 cm³/mol. The smallest absolute Gasteiger partial charge is 0.139 e. The minimum atomic E-state index is -0.185. The maximum Gasteiger partial charge on any atom is 0.139 e. The van der Waals surface area contributed by atoms with Gasteiger partial charge in [-0.3, -0.25) is 4.90 Å². The molecule has 1 saturated heterocycles. The maximum atomic E-state index is 13.0. The quantitative estimate of drug-likeness (QED) is 0.841. The topological polar surface area (TPSA) is 29.3 Å². The van der Waals surface area contributed by atoms with Crippen LogP contribution in [0.5, 0.6) is 0 Å². The van der Waals surface area contributed by atoms with E-state index in [1.54, 1.807) is 0 Å². The summed E-state index contributed by atoms with van der Waals surface area (Å²) in [5.74, 6) is 1.12. The van der Waals surface area contributed by atoms with Crippen molar-refractivity contribution in [1.82, 2.24) is 10.1 Å². The van der Waals surface area contributed by atoms with Crippen LogP contribution in [0.3, 0.4) is 0 Å². The number of nitrogens with zero attached hydrogens (tertiary/aromatic N) is 2. The van der Waals surface area contributed by atoms with Gasteiger partial charge in [0.25, 0.3) is 0 Å². The highest BCUT2D eigenvalue weighted by molar-refractivity contribution is 5.18. The molecular weight excluding hydrogens is 267 g/mol. The second-order valence-corrected chi connectivity index (χ2v) is 6.06. The van der Waals surface area contributed by atoms with Crippen LogP contribution in [-0.4, -0.2) is 16.6 Å². The Morgan fingerprint density at radius 3 is 2.76 bits per heavy atom. The Balaban J connectivity index is 1.74. The average Bonchev–Trinajstić information content (AvgIpc) is 3.09. The zero-order valence-electron chi connectivity index (χ0n) is 12.6. The summed E-state index contributed by atoms with van der Waals surface area (Å²) >= 11 is 0. The Bertz CT molecular complexity index is 591. The van der Waals surface area contributed by atoms with Crippen LogP contribution in [0.15, 0.2) is 34.9 Å². The van der Waals surface area contributed by atoms with Gasteiger partial charge in [0.05, 0.1) is 6.04 Å². The van der Waals surface area contributed by atoms with Crippen molar-refractivity contribution in [3.8, 4) is 0 Å². The van der Waals surface area contributed by atoms with E-state index < -0.39 is 0 Å². The molecule has 112 valence electrons. The standard InChI is InChI=1S/C17H21FN2O/c1-12(2)17-10-15(19-21-17)16-4-3-9-20(16)11-13-5-7-14(18)8-6-13/h5-8,10,12,16H,3-4,9,11H2,1-2H3/t16-/m1/s1. The summed E-state index contributed by atoms with van der Waals surface area (Å²) in [4.78, 5) is 2.40. The lowest BCUT2D eigenvalue weighted by atomic mass is 10.1. The summed E-state index contributed by atoms with van der Waals surface area (Å²) in [5, 5.41) is 4.25. The molecule has 0 N–H and O–H groups in total. The molecule has 1 aromatic heterocycles. The first-order valence-corrected chi connectivity index (χ1v) is 7.58. The Labute approximate surface area is 124 Å². The van der Waals surface area contributed by atoms with Gasteiger partial charge >= 0.3 is 0 Å². The van der Waals surface area contributed by atoms with E-state index in [1.807, 2.05) is 12.1 Å². The fourth-order valence-electron chi connectivity index (χ4n) is 2.91. The zero-order valence-corrected chi connectivity index (χ0v) is 12.6. The number of hydrogen-bond donors (Lipinski definition) is 0. The average molecular weight is 288 g/mol. The molecule has 0 spiro atoms. The van der Waals surface area contributed by atoms with Gasteiger partial charge in [0.15, 0.2) is 0 Å². The molecule has 0 radical (unpaired) electrons. The molecule has 1 atom stereocenters. The third kappa shape index (κ3) is 3.16.